The number of piperidine rings is 1. The molecule has 0 saturated carbocycles. The lowest BCUT2D eigenvalue weighted by Crippen LogP contribution is -2.55. The number of amides is 3. The van der Waals surface area contributed by atoms with E-state index in [0.717, 1.165) is 58.5 Å². The van der Waals surface area contributed by atoms with Crippen molar-refractivity contribution in [2.75, 3.05) is 60.5 Å². The average molecular weight is 354 g/mol. The highest BCUT2D eigenvalue weighted by Gasteiger charge is 2.32. The maximum atomic E-state index is 12.1. The Morgan fingerprint density at radius 3 is 2.32 bits per heavy atom. The van der Waals surface area contributed by atoms with E-state index in [1.807, 2.05) is 11.9 Å². The van der Waals surface area contributed by atoms with Crippen LogP contribution in [0.2, 0.25) is 0 Å². The summed E-state index contributed by atoms with van der Waals surface area (Å²) in [5.41, 5.74) is 0. The molecule has 7 nitrogen and oxygen atoms in total. The van der Waals surface area contributed by atoms with Gasteiger partial charge in [0.2, 0.25) is 5.91 Å². The van der Waals surface area contributed by atoms with E-state index in [4.69, 9.17) is 4.74 Å². The predicted molar refractivity (Wildman–Crippen MR) is 97.5 cm³/mol. The molecule has 3 amide bonds. The van der Waals surface area contributed by atoms with Gasteiger partial charge in [-0.3, -0.25) is 9.69 Å². The summed E-state index contributed by atoms with van der Waals surface area (Å²) in [6.45, 7) is 6.48. The number of carbonyl (C=O) groups is 2. The Balaban J connectivity index is 2.02. The lowest BCUT2D eigenvalue weighted by Gasteiger charge is -2.44. The fourth-order valence-electron chi connectivity index (χ4n) is 3.89. The molecule has 0 aromatic carbocycles. The van der Waals surface area contributed by atoms with Crippen LogP contribution in [0.15, 0.2) is 0 Å². The van der Waals surface area contributed by atoms with Crippen LogP contribution >= 0.6 is 0 Å². The largest absolute Gasteiger partial charge is 0.381 e. The zero-order chi connectivity index (χ0) is 18.4. The molecule has 0 N–H and O–H groups in total. The molecule has 2 aliphatic heterocycles. The summed E-state index contributed by atoms with van der Waals surface area (Å²) in [6.07, 6.45) is 4.23. The Morgan fingerprint density at radius 2 is 1.72 bits per heavy atom. The third-order valence-corrected chi connectivity index (χ3v) is 5.37. The molecular weight excluding hydrogens is 320 g/mol. The van der Waals surface area contributed by atoms with Gasteiger partial charge in [-0.25, -0.2) is 4.79 Å². The van der Waals surface area contributed by atoms with Crippen molar-refractivity contribution in [1.82, 2.24) is 19.6 Å². The van der Waals surface area contributed by atoms with Crippen LogP contribution in [0.25, 0.3) is 0 Å². The zero-order valence-corrected chi connectivity index (χ0v) is 16.2. The van der Waals surface area contributed by atoms with E-state index in [2.05, 4.69) is 4.90 Å². The number of likely N-dealkylation sites (N-methyl/N-ethyl adjacent to an activating group) is 1. The highest BCUT2D eigenvalue weighted by molar-refractivity contribution is 5.73. The highest BCUT2D eigenvalue weighted by atomic mass is 16.5. The Bertz CT molecular complexity index is 452. The quantitative estimate of drug-likeness (QED) is 0.742. The van der Waals surface area contributed by atoms with Gasteiger partial charge in [-0.05, 0) is 25.7 Å². The number of hydrogen-bond donors (Lipinski definition) is 0. The Hall–Kier alpha value is -1.34. The number of hydrogen-bond acceptors (Lipinski definition) is 4. The van der Waals surface area contributed by atoms with Gasteiger partial charge in [0.25, 0.3) is 0 Å². The van der Waals surface area contributed by atoms with E-state index in [0.29, 0.717) is 18.6 Å². The number of ether oxygens (including phenoxy) is 1. The maximum Gasteiger partial charge on any atom is 0.319 e. The molecule has 1 atom stereocenters. The van der Waals surface area contributed by atoms with Gasteiger partial charge < -0.3 is 19.4 Å². The van der Waals surface area contributed by atoms with E-state index in [9.17, 15) is 9.59 Å². The van der Waals surface area contributed by atoms with Crippen LogP contribution in [0.1, 0.15) is 32.6 Å². The summed E-state index contributed by atoms with van der Waals surface area (Å²) >= 11 is 0. The van der Waals surface area contributed by atoms with Crippen molar-refractivity contribution in [2.45, 2.75) is 44.7 Å². The van der Waals surface area contributed by atoms with Crippen LogP contribution in [0, 0.1) is 0 Å². The molecule has 2 rings (SSSR count). The normalized spacial score (nSPS) is 22.1. The Morgan fingerprint density at radius 1 is 1.04 bits per heavy atom. The number of urea groups is 1. The molecule has 25 heavy (non-hydrogen) atoms. The molecule has 2 aliphatic rings. The van der Waals surface area contributed by atoms with E-state index in [1.54, 1.807) is 30.8 Å². The van der Waals surface area contributed by atoms with Crippen molar-refractivity contribution >= 4 is 11.9 Å². The molecule has 2 saturated heterocycles. The zero-order valence-electron chi connectivity index (χ0n) is 16.2. The van der Waals surface area contributed by atoms with Gasteiger partial charge >= 0.3 is 6.03 Å². The fourth-order valence-corrected chi connectivity index (χ4v) is 3.89. The minimum absolute atomic E-state index is 0.0286. The molecule has 2 fully saturated rings. The van der Waals surface area contributed by atoms with Crippen molar-refractivity contribution < 1.29 is 14.3 Å². The van der Waals surface area contributed by atoms with Gasteiger partial charge in [0, 0.05) is 79.5 Å². The number of nitrogens with zero attached hydrogens (tertiary/aromatic N) is 4. The fraction of sp³-hybridized carbons (Fsp3) is 0.889. The standard InChI is InChI=1S/C18H34N4O3/c1-15(23)21-9-5-6-17(14-21)22(16-7-12-25-13-8-16)11-10-20(4)18(24)19(2)3/h16-17H,5-14H2,1-4H3. The smallest absolute Gasteiger partial charge is 0.319 e. The average Bonchev–Trinajstić information content (AvgIpc) is 2.62. The molecule has 2 heterocycles. The molecule has 1 unspecified atom stereocenters. The summed E-state index contributed by atoms with van der Waals surface area (Å²) in [5, 5.41) is 0. The van der Waals surface area contributed by atoms with E-state index in [-0.39, 0.29) is 11.9 Å². The van der Waals surface area contributed by atoms with Gasteiger partial charge in [0.15, 0.2) is 0 Å². The van der Waals surface area contributed by atoms with E-state index >= 15 is 0 Å². The second kappa shape index (κ2) is 9.38. The minimum atomic E-state index is 0.0286. The SMILES string of the molecule is CC(=O)N1CCCC(N(CCN(C)C(=O)N(C)C)C2CCOCC2)C1. The van der Waals surface area contributed by atoms with Crippen LogP contribution in [-0.4, -0.2) is 104 Å². The van der Waals surface area contributed by atoms with Crippen LogP contribution in [0.4, 0.5) is 4.79 Å². The topological polar surface area (TPSA) is 56.3 Å². The van der Waals surface area contributed by atoms with Crippen molar-refractivity contribution in [2.24, 2.45) is 0 Å². The van der Waals surface area contributed by atoms with Crippen molar-refractivity contribution in [1.29, 1.82) is 0 Å². The van der Waals surface area contributed by atoms with Gasteiger partial charge in [-0.15, -0.1) is 0 Å². The summed E-state index contributed by atoms with van der Waals surface area (Å²) in [4.78, 5) is 31.8. The van der Waals surface area contributed by atoms with Crippen LogP contribution in [0.3, 0.4) is 0 Å². The number of likely N-dealkylation sites (tertiary alicyclic amines) is 1. The van der Waals surface area contributed by atoms with Gasteiger partial charge in [0.1, 0.15) is 0 Å². The summed E-state index contributed by atoms with van der Waals surface area (Å²) < 4.78 is 5.53. The molecule has 7 heteroatoms. The molecule has 0 radical (unpaired) electrons. The second-order valence-corrected chi connectivity index (χ2v) is 7.44. The van der Waals surface area contributed by atoms with Gasteiger partial charge in [0.05, 0.1) is 0 Å². The number of rotatable bonds is 5. The summed E-state index contributed by atoms with van der Waals surface area (Å²) in [5.74, 6) is 0.163. The third-order valence-electron chi connectivity index (χ3n) is 5.37. The highest BCUT2D eigenvalue weighted by Crippen LogP contribution is 2.23. The van der Waals surface area contributed by atoms with Crippen LogP contribution < -0.4 is 0 Å². The molecule has 0 bridgehead atoms. The van der Waals surface area contributed by atoms with Crippen molar-refractivity contribution in [3.05, 3.63) is 0 Å². The first-order valence-corrected chi connectivity index (χ1v) is 9.41. The molecule has 144 valence electrons. The van der Waals surface area contributed by atoms with Crippen molar-refractivity contribution in [3.8, 4) is 0 Å². The predicted octanol–water partition coefficient (Wildman–Crippen LogP) is 1.09. The van der Waals surface area contributed by atoms with Crippen molar-refractivity contribution in [3.63, 3.8) is 0 Å². The first-order valence-electron chi connectivity index (χ1n) is 9.41. The summed E-state index contributed by atoms with van der Waals surface area (Å²) in [6, 6.07) is 0.887. The lowest BCUT2D eigenvalue weighted by atomic mass is 9.98. The maximum absolute atomic E-state index is 12.1. The molecule has 0 aliphatic carbocycles. The Kier molecular flexibility index (Phi) is 7.50. The van der Waals surface area contributed by atoms with Crippen LogP contribution in [-0.2, 0) is 9.53 Å². The van der Waals surface area contributed by atoms with E-state index in [1.165, 1.54) is 0 Å². The second-order valence-electron chi connectivity index (χ2n) is 7.44. The first-order chi connectivity index (χ1) is 11.9. The van der Waals surface area contributed by atoms with E-state index < -0.39 is 0 Å². The third kappa shape index (κ3) is 5.57. The molecule has 0 spiro atoms. The lowest BCUT2D eigenvalue weighted by molar-refractivity contribution is -0.131. The van der Waals surface area contributed by atoms with Gasteiger partial charge in [-0.1, -0.05) is 0 Å². The monoisotopic (exact) mass is 354 g/mol. The first kappa shape index (κ1) is 20.0. The molecule has 0 aromatic rings. The minimum Gasteiger partial charge on any atom is -0.381 e. The van der Waals surface area contributed by atoms with Crippen LogP contribution in [0.5, 0.6) is 0 Å². The molecular formula is C18H34N4O3. The van der Waals surface area contributed by atoms with Gasteiger partial charge in [-0.2, -0.15) is 0 Å². The molecule has 0 aromatic heterocycles. The number of carbonyl (C=O) groups excluding carboxylic acids is 2. The summed E-state index contributed by atoms with van der Waals surface area (Å²) in [7, 11) is 5.41. The Labute approximate surface area is 151 Å².